The molecule has 0 aromatic heterocycles. The lowest BCUT2D eigenvalue weighted by atomic mass is 10.2. The van der Waals surface area contributed by atoms with Crippen molar-refractivity contribution < 1.29 is 13.6 Å². The molecule has 1 heterocycles. The SMILES string of the molecule is O=C1CNCCN1C1(C(F)F)CC1. The minimum absolute atomic E-state index is 0.191. The van der Waals surface area contributed by atoms with Crippen LogP contribution in [0.5, 0.6) is 0 Å². The van der Waals surface area contributed by atoms with Crippen molar-refractivity contribution >= 4 is 5.91 Å². The van der Waals surface area contributed by atoms with Gasteiger partial charge in [-0.2, -0.15) is 0 Å². The lowest BCUT2D eigenvalue weighted by molar-refractivity contribution is -0.140. The van der Waals surface area contributed by atoms with Crippen LogP contribution in [0, 0.1) is 0 Å². The molecule has 1 aliphatic carbocycles. The summed E-state index contributed by atoms with van der Waals surface area (Å²) < 4.78 is 25.2. The molecule has 13 heavy (non-hydrogen) atoms. The Hall–Kier alpha value is -0.710. The molecule has 1 N–H and O–H groups in total. The third-order valence-corrected chi connectivity index (χ3v) is 2.80. The molecule has 2 aliphatic rings. The van der Waals surface area contributed by atoms with Gasteiger partial charge >= 0.3 is 0 Å². The molecule has 0 radical (unpaired) electrons. The summed E-state index contributed by atoms with van der Waals surface area (Å²) in [5.74, 6) is -0.191. The van der Waals surface area contributed by atoms with E-state index in [1.807, 2.05) is 0 Å². The van der Waals surface area contributed by atoms with Gasteiger partial charge in [0.15, 0.2) is 0 Å². The minimum atomic E-state index is -2.39. The van der Waals surface area contributed by atoms with Crippen LogP contribution >= 0.6 is 0 Å². The maximum Gasteiger partial charge on any atom is 0.261 e. The first-order valence-electron chi connectivity index (χ1n) is 4.46. The van der Waals surface area contributed by atoms with Crippen molar-refractivity contribution in [3.63, 3.8) is 0 Å². The number of halogens is 2. The Morgan fingerprint density at radius 1 is 1.46 bits per heavy atom. The Bertz CT molecular complexity index is 228. The number of carbonyl (C=O) groups is 1. The van der Waals surface area contributed by atoms with Gasteiger partial charge < -0.3 is 10.2 Å². The molecule has 0 aromatic carbocycles. The molecule has 2 rings (SSSR count). The zero-order valence-electron chi connectivity index (χ0n) is 7.22. The van der Waals surface area contributed by atoms with Crippen molar-refractivity contribution in [3.05, 3.63) is 0 Å². The molecule has 0 bridgehead atoms. The number of rotatable bonds is 2. The van der Waals surface area contributed by atoms with Gasteiger partial charge in [-0.3, -0.25) is 4.79 Å². The van der Waals surface area contributed by atoms with Gasteiger partial charge in [-0.1, -0.05) is 0 Å². The Morgan fingerprint density at radius 3 is 2.62 bits per heavy atom. The second kappa shape index (κ2) is 2.90. The van der Waals surface area contributed by atoms with Crippen molar-refractivity contribution in [3.8, 4) is 0 Å². The van der Waals surface area contributed by atoms with E-state index in [0.717, 1.165) is 0 Å². The van der Waals surface area contributed by atoms with Gasteiger partial charge in [0, 0.05) is 13.1 Å². The summed E-state index contributed by atoms with van der Waals surface area (Å²) in [6.07, 6.45) is -1.48. The van der Waals surface area contributed by atoms with Gasteiger partial charge in [0.25, 0.3) is 6.43 Å². The largest absolute Gasteiger partial charge is 0.329 e. The van der Waals surface area contributed by atoms with Crippen LogP contribution in [-0.2, 0) is 4.79 Å². The van der Waals surface area contributed by atoms with Gasteiger partial charge in [-0.05, 0) is 12.8 Å². The van der Waals surface area contributed by atoms with E-state index in [9.17, 15) is 13.6 Å². The molecule has 1 saturated carbocycles. The Balaban J connectivity index is 2.10. The predicted octanol–water partition coefficient (Wildman–Crippen LogP) is 0.216. The highest BCUT2D eigenvalue weighted by Crippen LogP contribution is 2.46. The summed E-state index contributed by atoms with van der Waals surface area (Å²) in [6, 6.07) is 0. The molecule has 1 amide bonds. The molecule has 0 unspecified atom stereocenters. The fourth-order valence-corrected chi connectivity index (χ4v) is 1.81. The van der Waals surface area contributed by atoms with E-state index in [1.165, 1.54) is 4.90 Å². The Kier molecular flexibility index (Phi) is 1.98. The molecule has 0 aromatic rings. The van der Waals surface area contributed by atoms with Crippen LogP contribution in [0.1, 0.15) is 12.8 Å². The molecule has 74 valence electrons. The Morgan fingerprint density at radius 2 is 2.15 bits per heavy atom. The lowest BCUT2D eigenvalue weighted by Crippen LogP contribution is -2.56. The number of piperazine rings is 1. The monoisotopic (exact) mass is 190 g/mol. The Labute approximate surface area is 75.1 Å². The molecule has 1 saturated heterocycles. The van der Waals surface area contributed by atoms with Crippen LogP contribution in [0.15, 0.2) is 0 Å². The van der Waals surface area contributed by atoms with Crippen LogP contribution < -0.4 is 5.32 Å². The lowest BCUT2D eigenvalue weighted by Gasteiger charge is -2.34. The van der Waals surface area contributed by atoms with Gasteiger partial charge in [-0.15, -0.1) is 0 Å². The van der Waals surface area contributed by atoms with Crippen LogP contribution in [0.3, 0.4) is 0 Å². The highest BCUT2D eigenvalue weighted by atomic mass is 19.3. The van der Waals surface area contributed by atoms with Crippen LogP contribution in [0.2, 0.25) is 0 Å². The first kappa shape index (κ1) is 8.87. The van der Waals surface area contributed by atoms with E-state index in [1.54, 1.807) is 0 Å². The summed E-state index contributed by atoms with van der Waals surface area (Å²) in [7, 11) is 0. The second-order valence-electron chi connectivity index (χ2n) is 3.63. The van der Waals surface area contributed by atoms with Crippen molar-refractivity contribution in [1.82, 2.24) is 10.2 Å². The summed E-state index contributed by atoms with van der Waals surface area (Å²) in [5, 5.41) is 2.87. The molecule has 1 aliphatic heterocycles. The second-order valence-corrected chi connectivity index (χ2v) is 3.63. The average Bonchev–Trinajstić information content (AvgIpc) is 2.85. The summed E-state index contributed by atoms with van der Waals surface area (Å²) >= 11 is 0. The van der Waals surface area contributed by atoms with Gasteiger partial charge in [-0.25, -0.2) is 8.78 Å². The van der Waals surface area contributed by atoms with E-state index >= 15 is 0 Å². The van der Waals surface area contributed by atoms with Crippen LogP contribution in [0.4, 0.5) is 8.78 Å². The molecule has 5 heteroatoms. The highest BCUT2D eigenvalue weighted by Gasteiger charge is 2.57. The average molecular weight is 190 g/mol. The number of alkyl halides is 2. The minimum Gasteiger partial charge on any atom is -0.329 e. The van der Waals surface area contributed by atoms with E-state index in [4.69, 9.17) is 0 Å². The van der Waals surface area contributed by atoms with Gasteiger partial charge in [0.1, 0.15) is 5.54 Å². The normalized spacial score (nSPS) is 26.7. The standard InChI is InChI=1S/C8H12F2N2O/c9-7(10)8(1-2-8)12-4-3-11-5-6(12)13/h7,11H,1-5H2. The third kappa shape index (κ3) is 1.31. The number of carbonyl (C=O) groups excluding carboxylic acids is 1. The van der Waals surface area contributed by atoms with Crippen LogP contribution in [-0.4, -0.2) is 42.4 Å². The highest BCUT2D eigenvalue weighted by molar-refractivity contribution is 5.80. The van der Waals surface area contributed by atoms with E-state index in [0.29, 0.717) is 25.9 Å². The maximum atomic E-state index is 12.6. The smallest absolute Gasteiger partial charge is 0.261 e. The zero-order valence-corrected chi connectivity index (χ0v) is 7.22. The van der Waals surface area contributed by atoms with Crippen molar-refractivity contribution in [1.29, 1.82) is 0 Å². The summed E-state index contributed by atoms with van der Waals surface area (Å²) in [4.78, 5) is 12.7. The van der Waals surface area contributed by atoms with Gasteiger partial charge in [0.05, 0.1) is 6.54 Å². The van der Waals surface area contributed by atoms with Crippen molar-refractivity contribution in [2.24, 2.45) is 0 Å². The molecular weight excluding hydrogens is 178 g/mol. The molecule has 0 atom stereocenters. The van der Waals surface area contributed by atoms with E-state index in [2.05, 4.69) is 5.32 Å². The molecule has 3 nitrogen and oxygen atoms in total. The fourth-order valence-electron chi connectivity index (χ4n) is 1.81. The van der Waals surface area contributed by atoms with Crippen LogP contribution in [0.25, 0.3) is 0 Å². The third-order valence-electron chi connectivity index (χ3n) is 2.80. The first-order valence-corrected chi connectivity index (χ1v) is 4.46. The maximum absolute atomic E-state index is 12.6. The fraction of sp³-hybridized carbons (Fsp3) is 0.875. The first-order chi connectivity index (χ1) is 6.17. The summed E-state index contributed by atoms with van der Waals surface area (Å²) in [6.45, 7) is 1.25. The number of hydrogen-bond donors (Lipinski definition) is 1. The zero-order chi connectivity index (χ0) is 9.47. The van der Waals surface area contributed by atoms with Crippen molar-refractivity contribution in [2.45, 2.75) is 24.8 Å². The predicted molar refractivity (Wildman–Crippen MR) is 42.6 cm³/mol. The molecule has 2 fully saturated rings. The summed E-state index contributed by atoms with van der Waals surface area (Å²) in [5.41, 5.74) is -1.10. The topological polar surface area (TPSA) is 32.3 Å². The quantitative estimate of drug-likeness (QED) is 0.675. The van der Waals surface area contributed by atoms with Crippen molar-refractivity contribution in [2.75, 3.05) is 19.6 Å². The molecule has 0 spiro atoms. The number of hydrogen-bond acceptors (Lipinski definition) is 2. The molecular formula is C8H12F2N2O. The number of amides is 1. The van der Waals surface area contributed by atoms with E-state index in [-0.39, 0.29) is 12.5 Å². The number of nitrogens with one attached hydrogen (secondary N) is 1. The van der Waals surface area contributed by atoms with E-state index < -0.39 is 12.0 Å². The van der Waals surface area contributed by atoms with Gasteiger partial charge in [0.2, 0.25) is 5.91 Å². The number of nitrogens with zero attached hydrogens (tertiary/aromatic N) is 1.